The molecule has 0 saturated heterocycles. The number of benzene rings is 3. The zero-order valence-corrected chi connectivity index (χ0v) is 20.5. The third kappa shape index (κ3) is 5.76. The first-order valence-electron chi connectivity index (χ1n) is 10.6. The predicted molar refractivity (Wildman–Crippen MR) is 138 cm³/mol. The Balaban J connectivity index is 1.53. The van der Waals surface area contributed by atoms with Crippen LogP contribution in [0.4, 0.5) is 10.3 Å². The van der Waals surface area contributed by atoms with Gasteiger partial charge in [-0.15, -0.1) is 0 Å². The first kappa shape index (κ1) is 24.6. The molecule has 2 N–H and O–H groups in total. The Morgan fingerprint density at radius 1 is 1.19 bits per heavy atom. The van der Waals surface area contributed by atoms with Crippen molar-refractivity contribution in [3.63, 3.8) is 0 Å². The number of halogens is 2. The van der Waals surface area contributed by atoms with Crippen LogP contribution in [-0.2, 0) is 6.61 Å². The highest BCUT2D eigenvalue weighted by molar-refractivity contribution is 9.10. The van der Waals surface area contributed by atoms with Crippen LogP contribution in [0.25, 0.3) is 11.3 Å². The van der Waals surface area contributed by atoms with Crippen molar-refractivity contribution in [1.82, 2.24) is 9.97 Å². The van der Waals surface area contributed by atoms with Gasteiger partial charge in [0.05, 0.1) is 23.5 Å². The van der Waals surface area contributed by atoms with Gasteiger partial charge in [0.15, 0.2) is 11.5 Å². The van der Waals surface area contributed by atoms with Crippen molar-refractivity contribution in [3.05, 3.63) is 104 Å². The van der Waals surface area contributed by atoms with Gasteiger partial charge in [-0.1, -0.05) is 42.5 Å². The van der Waals surface area contributed by atoms with Crippen molar-refractivity contribution in [3.8, 4) is 28.8 Å². The molecule has 180 valence electrons. The van der Waals surface area contributed by atoms with Gasteiger partial charge in [0.25, 0.3) is 5.56 Å². The van der Waals surface area contributed by atoms with Crippen molar-refractivity contribution < 1.29 is 13.9 Å². The summed E-state index contributed by atoms with van der Waals surface area (Å²) in [6.45, 7) is 0.156. The highest BCUT2D eigenvalue weighted by Gasteiger charge is 2.14. The highest BCUT2D eigenvalue weighted by Crippen LogP contribution is 2.37. The van der Waals surface area contributed by atoms with Gasteiger partial charge in [0.2, 0.25) is 5.95 Å². The molecule has 4 rings (SSSR count). The maximum atomic E-state index is 13.4. The number of nitrogens with one attached hydrogen (secondary N) is 2. The second-order valence-electron chi connectivity index (χ2n) is 7.44. The summed E-state index contributed by atoms with van der Waals surface area (Å²) in [4.78, 5) is 19.2. The summed E-state index contributed by atoms with van der Waals surface area (Å²) >= 11 is 3.47. The lowest BCUT2D eigenvalue weighted by Gasteiger charge is -2.13. The number of anilines is 1. The smallest absolute Gasteiger partial charge is 0.270 e. The standard InChI is InChI=1S/C26H19BrFN5O3/c1-35-22-12-17(11-21(27)24(22)36-15-16-6-5-9-19(28)10-16)14-30-33-26-31-23(18-7-3-2-4-8-18)20(13-29)25(34)32-26/h2-12,14H,15H2,1H3,(H2,31,32,33,34). The number of methoxy groups -OCH3 is 1. The normalized spacial score (nSPS) is 10.7. The van der Waals surface area contributed by atoms with Crippen molar-refractivity contribution in [1.29, 1.82) is 5.26 Å². The summed E-state index contributed by atoms with van der Waals surface area (Å²) in [5.74, 6) is 0.640. The van der Waals surface area contributed by atoms with Crippen LogP contribution in [0.5, 0.6) is 11.5 Å². The number of aromatic nitrogens is 2. The number of nitrogens with zero attached hydrogens (tertiary/aromatic N) is 3. The second kappa shape index (κ2) is 11.3. The van der Waals surface area contributed by atoms with Gasteiger partial charge in [-0.05, 0) is 51.3 Å². The Bertz CT molecular complexity index is 1520. The Morgan fingerprint density at radius 3 is 2.72 bits per heavy atom. The van der Waals surface area contributed by atoms with Crippen LogP contribution in [0, 0.1) is 17.1 Å². The molecule has 4 aromatic rings. The van der Waals surface area contributed by atoms with E-state index in [1.165, 1.54) is 25.5 Å². The van der Waals surface area contributed by atoms with Crippen molar-refractivity contribution in [2.45, 2.75) is 6.61 Å². The topological polar surface area (TPSA) is 112 Å². The summed E-state index contributed by atoms with van der Waals surface area (Å²) < 4.78 is 25.3. The van der Waals surface area contributed by atoms with Gasteiger partial charge in [-0.25, -0.2) is 14.8 Å². The van der Waals surface area contributed by atoms with Gasteiger partial charge in [0, 0.05) is 5.56 Å². The molecule has 3 aromatic carbocycles. The number of aromatic amines is 1. The molecule has 10 heteroatoms. The van der Waals surface area contributed by atoms with Crippen LogP contribution in [0.2, 0.25) is 0 Å². The van der Waals surface area contributed by atoms with E-state index in [9.17, 15) is 14.4 Å². The molecule has 0 unspecified atom stereocenters. The molecular weight excluding hydrogens is 529 g/mol. The molecule has 0 spiro atoms. The molecule has 0 aliphatic heterocycles. The Hall–Kier alpha value is -4.49. The quantitative estimate of drug-likeness (QED) is 0.230. The molecule has 0 aliphatic rings. The summed E-state index contributed by atoms with van der Waals surface area (Å²) in [5.41, 5.74) is 4.25. The fourth-order valence-corrected chi connectivity index (χ4v) is 3.91. The van der Waals surface area contributed by atoms with Crippen LogP contribution in [0.15, 0.2) is 81.1 Å². The van der Waals surface area contributed by atoms with Crippen LogP contribution in [0.3, 0.4) is 0 Å². The highest BCUT2D eigenvalue weighted by atomic mass is 79.9. The molecule has 36 heavy (non-hydrogen) atoms. The fraction of sp³-hybridized carbons (Fsp3) is 0.0769. The zero-order chi connectivity index (χ0) is 25.5. The Labute approximate surface area is 214 Å². The first-order valence-corrected chi connectivity index (χ1v) is 11.4. The minimum absolute atomic E-state index is 0.0789. The predicted octanol–water partition coefficient (Wildman–Crippen LogP) is 5.24. The average molecular weight is 548 g/mol. The van der Waals surface area contributed by atoms with Crippen LogP contribution in [-0.4, -0.2) is 23.3 Å². The van der Waals surface area contributed by atoms with Crippen molar-refractivity contribution in [2.24, 2.45) is 5.10 Å². The number of H-pyrrole nitrogens is 1. The number of ether oxygens (including phenoxy) is 2. The summed E-state index contributed by atoms with van der Waals surface area (Å²) in [6.07, 6.45) is 1.50. The van der Waals surface area contributed by atoms with Gasteiger partial charge in [0.1, 0.15) is 24.1 Å². The number of rotatable bonds is 8. The molecule has 0 amide bonds. The van der Waals surface area contributed by atoms with Gasteiger partial charge in [-0.3, -0.25) is 9.78 Å². The lowest BCUT2D eigenvalue weighted by atomic mass is 10.1. The zero-order valence-electron chi connectivity index (χ0n) is 19.0. The lowest BCUT2D eigenvalue weighted by Crippen LogP contribution is -2.16. The minimum atomic E-state index is -0.576. The molecular formula is C26H19BrFN5O3. The molecule has 0 aliphatic carbocycles. The van der Waals surface area contributed by atoms with Gasteiger partial charge >= 0.3 is 0 Å². The van der Waals surface area contributed by atoms with Gasteiger partial charge in [-0.2, -0.15) is 10.4 Å². The molecule has 1 heterocycles. The largest absolute Gasteiger partial charge is 0.493 e. The molecule has 1 aromatic heterocycles. The molecule has 0 saturated carbocycles. The second-order valence-corrected chi connectivity index (χ2v) is 8.29. The van der Waals surface area contributed by atoms with E-state index in [2.05, 4.69) is 36.4 Å². The maximum absolute atomic E-state index is 13.4. The van der Waals surface area contributed by atoms with E-state index in [0.29, 0.717) is 32.7 Å². The molecule has 0 radical (unpaired) electrons. The van der Waals surface area contributed by atoms with E-state index in [-0.39, 0.29) is 29.6 Å². The summed E-state index contributed by atoms with van der Waals surface area (Å²) in [5, 5.41) is 13.5. The SMILES string of the molecule is COc1cc(C=NNc2nc(-c3ccccc3)c(C#N)c(=O)[nH]2)cc(Br)c1OCc1cccc(F)c1. The van der Waals surface area contributed by atoms with Gasteiger partial charge < -0.3 is 9.47 Å². The van der Waals surface area contributed by atoms with Crippen LogP contribution >= 0.6 is 15.9 Å². The van der Waals surface area contributed by atoms with E-state index in [0.717, 1.165) is 0 Å². The van der Waals surface area contributed by atoms with Crippen LogP contribution in [0.1, 0.15) is 16.7 Å². The summed E-state index contributed by atoms with van der Waals surface area (Å²) in [6, 6.07) is 20.5. The third-order valence-corrected chi connectivity index (χ3v) is 5.58. The molecule has 8 nitrogen and oxygen atoms in total. The number of hydrogen-bond acceptors (Lipinski definition) is 7. The van der Waals surface area contributed by atoms with Crippen molar-refractivity contribution in [2.75, 3.05) is 12.5 Å². The molecule has 0 atom stereocenters. The Kier molecular flexibility index (Phi) is 7.72. The third-order valence-electron chi connectivity index (χ3n) is 4.99. The number of hydrogen-bond donors (Lipinski definition) is 2. The first-order chi connectivity index (χ1) is 17.5. The van der Waals surface area contributed by atoms with E-state index in [4.69, 9.17) is 9.47 Å². The van der Waals surface area contributed by atoms with Crippen molar-refractivity contribution >= 4 is 28.1 Å². The Morgan fingerprint density at radius 2 is 2.00 bits per heavy atom. The molecule has 0 fully saturated rings. The van der Waals surface area contributed by atoms with E-state index in [1.807, 2.05) is 12.1 Å². The summed E-state index contributed by atoms with van der Waals surface area (Å²) in [7, 11) is 1.51. The van der Waals surface area contributed by atoms with E-state index < -0.39 is 5.56 Å². The van der Waals surface area contributed by atoms with E-state index in [1.54, 1.807) is 48.5 Å². The van der Waals surface area contributed by atoms with Crippen LogP contribution < -0.4 is 20.5 Å². The number of nitriles is 1. The molecule has 0 bridgehead atoms. The lowest BCUT2D eigenvalue weighted by molar-refractivity contribution is 0.282. The monoisotopic (exact) mass is 547 g/mol. The maximum Gasteiger partial charge on any atom is 0.270 e. The van der Waals surface area contributed by atoms with E-state index >= 15 is 0 Å². The minimum Gasteiger partial charge on any atom is -0.493 e. The number of hydrazone groups is 1. The average Bonchev–Trinajstić information content (AvgIpc) is 2.88. The fourth-order valence-electron chi connectivity index (χ4n) is 3.34.